The fourth-order valence-electron chi connectivity index (χ4n) is 1.99. The van der Waals surface area contributed by atoms with Gasteiger partial charge < -0.3 is 0 Å². The van der Waals surface area contributed by atoms with Crippen molar-refractivity contribution in [3.8, 4) is 0 Å². The van der Waals surface area contributed by atoms with Gasteiger partial charge in [0.05, 0.1) is 0 Å². The largest absolute Gasteiger partial charge is 0.230 e. The minimum Gasteiger partial charge on any atom is -0.230 e. The highest BCUT2D eigenvalue weighted by Crippen LogP contribution is 2.24. The van der Waals surface area contributed by atoms with Crippen LogP contribution in [0.2, 0.25) is 0 Å². The Morgan fingerprint density at radius 3 is 3.00 bits per heavy atom. The number of aryl methyl sites for hydroxylation is 2. The van der Waals surface area contributed by atoms with Crippen molar-refractivity contribution in [3.05, 3.63) is 5.82 Å². The van der Waals surface area contributed by atoms with Crippen LogP contribution in [0.5, 0.6) is 0 Å². The molecule has 0 aromatic carbocycles. The molecular formula is C9H16N4. The Morgan fingerprint density at radius 2 is 2.23 bits per heavy atom. The molecule has 0 spiro atoms. The van der Waals surface area contributed by atoms with Gasteiger partial charge >= 0.3 is 0 Å². The lowest BCUT2D eigenvalue weighted by atomic mass is 9.89. The molecule has 2 rings (SSSR count). The van der Waals surface area contributed by atoms with E-state index in [1.165, 1.54) is 12.8 Å². The Balaban J connectivity index is 2.08. The summed E-state index contributed by atoms with van der Waals surface area (Å²) in [7, 11) is 0. The molecular weight excluding hydrogens is 164 g/mol. The molecule has 1 aromatic rings. The van der Waals surface area contributed by atoms with Gasteiger partial charge in [-0.2, -0.15) is 0 Å². The van der Waals surface area contributed by atoms with Gasteiger partial charge in [0.15, 0.2) is 5.82 Å². The molecule has 1 aromatic heterocycles. The molecule has 0 radical (unpaired) electrons. The molecule has 0 saturated heterocycles. The number of tetrazole rings is 1. The molecule has 1 aliphatic rings. The molecule has 0 aliphatic carbocycles. The predicted octanol–water partition coefficient (Wildman–Crippen LogP) is 1.28. The van der Waals surface area contributed by atoms with E-state index in [4.69, 9.17) is 0 Å². The smallest absolute Gasteiger partial charge is 0.151 e. The van der Waals surface area contributed by atoms with Crippen LogP contribution in [0.25, 0.3) is 0 Å². The Bertz CT molecular complexity index is 256. The Hall–Kier alpha value is -0.930. The van der Waals surface area contributed by atoms with E-state index in [-0.39, 0.29) is 0 Å². The molecule has 0 amide bonds. The summed E-state index contributed by atoms with van der Waals surface area (Å²) in [6.07, 6.45) is 3.49. The van der Waals surface area contributed by atoms with Crippen molar-refractivity contribution in [2.24, 2.45) is 11.8 Å². The quantitative estimate of drug-likeness (QED) is 0.654. The number of hydrogen-bond acceptors (Lipinski definition) is 3. The third-order valence-electron chi connectivity index (χ3n) is 3.00. The molecule has 2 heterocycles. The monoisotopic (exact) mass is 180 g/mol. The van der Waals surface area contributed by atoms with Crippen LogP contribution in [-0.2, 0) is 13.0 Å². The molecule has 4 heteroatoms. The maximum Gasteiger partial charge on any atom is 0.151 e. The van der Waals surface area contributed by atoms with E-state index < -0.39 is 0 Å². The normalized spacial score (nSPS) is 22.8. The third kappa shape index (κ3) is 1.71. The predicted molar refractivity (Wildman–Crippen MR) is 49.1 cm³/mol. The summed E-state index contributed by atoms with van der Waals surface area (Å²) in [6.45, 7) is 5.58. The average Bonchev–Trinajstić information content (AvgIpc) is 2.44. The van der Waals surface area contributed by atoms with Crippen molar-refractivity contribution in [1.82, 2.24) is 20.2 Å². The first kappa shape index (κ1) is 8.66. The van der Waals surface area contributed by atoms with E-state index in [2.05, 4.69) is 29.4 Å². The highest BCUT2D eigenvalue weighted by molar-refractivity contribution is 4.85. The van der Waals surface area contributed by atoms with E-state index in [0.717, 1.165) is 30.6 Å². The standard InChI is InChI=1S/C9H16N4/c1-7(2)8-3-4-9-10-11-12-13(9)6-5-8/h7-8H,3-6H2,1-2H3. The zero-order chi connectivity index (χ0) is 9.26. The second-order valence-corrected chi connectivity index (χ2v) is 4.15. The molecule has 72 valence electrons. The Kier molecular flexibility index (Phi) is 2.29. The SMILES string of the molecule is CC(C)C1CCc2nnnn2CC1. The van der Waals surface area contributed by atoms with Crippen molar-refractivity contribution >= 4 is 0 Å². The van der Waals surface area contributed by atoms with E-state index in [9.17, 15) is 0 Å². The Morgan fingerprint density at radius 1 is 1.38 bits per heavy atom. The first-order chi connectivity index (χ1) is 6.27. The fourth-order valence-corrected chi connectivity index (χ4v) is 1.99. The van der Waals surface area contributed by atoms with Crippen LogP contribution in [0.4, 0.5) is 0 Å². The van der Waals surface area contributed by atoms with Gasteiger partial charge in [0.1, 0.15) is 0 Å². The van der Waals surface area contributed by atoms with Crippen molar-refractivity contribution in [1.29, 1.82) is 0 Å². The minimum absolute atomic E-state index is 0.776. The summed E-state index contributed by atoms with van der Waals surface area (Å²) >= 11 is 0. The molecule has 0 bridgehead atoms. The second kappa shape index (κ2) is 3.44. The van der Waals surface area contributed by atoms with Crippen LogP contribution in [0.1, 0.15) is 32.5 Å². The minimum atomic E-state index is 0.776. The van der Waals surface area contributed by atoms with Gasteiger partial charge in [-0.3, -0.25) is 0 Å². The molecule has 0 N–H and O–H groups in total. The third-order valence-corrected chi connectivity index (χ3v) is 3.00. The maximum absolute atomic E-state index is 4.01. The van der Waals surface area contributed by atoms with Gasteiger partial charge in [0, 0.05) is 13.0 Å². The lowest BCUT2D eigenvalue weighted by Gasteiger charge is -2.16. The summed E-state index contributed by atoms with van der Waals surface area (Å²) in [5, 5.41) is 11.7. The van der Waals surface area contributed by atoms with Crippen LogP contribution >= 0.6 is 0 Å². The van der Waals surface area contributed by atoms with Crippen LogP contribution in [0.3, 0.4) is 0 Å². The first-order valence-electron chi connectivity index (χ1n) is 5.02. The van der Waals surface area contributed by atoms with Crippen molar-refractivity contribution in [3.63, 3.8) is 0 Å². The molecule has 13 heavy (non-hydrogen) atoms. The summed E-state index contributed by atoms with van der Waals surface area (Å²) in [5.41, 5.74) is 0. The van der Waals surface area contributed by atoms with E-state index in [1.54, 1.807) is 0 Å². The van der Waals surface area contributed by atoms with Gasteiger partial charge in [-0.1, -0.05) is 13.8 Å². The molecule has 4 nitrogen and oxygen atoms in total. The van der Waals surface area contributed by atoms with Gasteiger partial charge in [-0.25, -0.2) is 4.68 Å². The van der Waals surface area contributed by atoms with Gasteiger partial charge in [0.2, 0.25) is 0 Å². The topological polar surface area (TPSA) is 43.6 Å². The number of hydrogen-bond donors (Lipinski definition) is 0. The number of aromatic nitrogens is 4. The van der Waals surface area contributed by atoms with Crippen molar-refractivity contribution in [2.75, 3.05) is 0 Å². The lowest BCUT2D eigenvalue weighted by Crippen LogP contribution is -2.10. The Labute approximate surface area is 78.3 Å². The van der Waals surface area contributed by atoms with Crippen LogP contribution in [0, 0.1) is 11.8 Å². The zero-order valence-corrected chi connectivity index (χ0v) is 8.27. The van der Waals surface area contributed by atoms with E-state index in [0.29, 0.717) is 0 Å². The fraction of sp³-hybridized carbons (Fsp3) is 0.889. The number of fused-ring (bicyclic) bond motifs is 1. The van der Waals surface area contributed by atoms with Crippen LogP contribution < -0.4 is 0 Å². The molecule has 1 atom stereocenters. The van der Waals surface area contributed by atoms with Crippen LogP contribution in [0.15, 0.2) is 0 Å². The zero-order valence-electron chi connectivity index (χ0n) is 8.27. The van der Waals surface area contributed by atoms with Crippen molar-refractivity contribution in [2.45, 2.75) is 39.7 Å². The number of rotatable bonds is 1. The molecule has 0 saturated carbocycles. The average molecular weight is 180 g/mol. The lowest BCUT2D eigenvalue weighted by molar-refractivity contribution is 0.330. The highest BCUT2D eigenvalue weighted by atomic mass is 15.5. The second-order valence-electron chi connectivity index (χ2n) is 4.15. The summed E-state index contributed by atoms with van der Waals surface area (Å²) in [4.78, 5) is 0. The van der Waals surface area contributed by atoms with Crippen LogP contribution in [-0.4, -0.2) is 20.2 Å². The summed E-state index contributed by atoms with van der Waals surface area (Å²) in [6, 6.07) is 0. The van der Waals surface area contributed by atoms with Gasteiger partial charge in [-0.05, 0) is 35.1 Å². The molecule has 1 unspecified atom stereocenters. The van der Waals surface area contributed by atoms with Gasteiger partial charge in [-0.15, -0.1) is 5.10 Å². The van der Waals surface area contributed by atoms with Crippen molar-refractivity contribution < 1.29 is 0 Å². The first-order valence-corrected chi connectivity index (χ1v) is 5.02. The molecule has 0 fully saturated rings. The highest BCUT2D eigenvalue weighted by Gasteiger charge is 2.19. The van der Waals surface area contributed by atoms with E-state index >= 15 is 0 Å². The molecule has 1 aliphatic heterocycles. The maximum atomic E-state index is 4.01. The van der Waals surface area contributed by atoms with Gasteiger partial charge in [0.25, 0.3) is 0 Å². The summed E-state index contributed by atoms with van der Waals surface area (Å²) in [5.74, 6) is 2.66. The number of nitrogens with zero attached hydrogens (tertiary/aromatic N) is 4. The summed E-state index contributed by atoms with van der Waals surface area (Å²) < 4.78 is 1.95. The van der Waals surface area contributed by atoms with E-state index in [1.807, 2.05) is 4.68 Å².